The van der Waals surface area contributed by atoms with Gasteiger partial charge >= 0.3 is 12.1 Å². The van der Waals surface area contributed by atoms with Crippen LogP contribution in [0, 0.1) is 11.7 Å². The maximum Gasteiger partial charge on any atom is 0.323 e. The van der Waals surface area contributed by atoms with Crippen LogP contribution < -0.4 is 20.7 Å². The van der Waals surface area contributed by atoms with Crippen LogP contribution in [0.25, 0.3) is 0 Å². The third-order valence-corrected chi connectivity index (χ3v) is 7.10. The Morgan fingerprint density at radius 3 is 2.36 bits per heavy atom. The summed E-state index contributed by atoms with van der Waals surface area (Å²) in [5.41, 5.74) is 2.06. The molecule has 3 aromatic carbocycles. The first-order chi connectivity index (χ1) is 20.1. The van der Waals surface area contributed by atoms with Crippen LogP contribution in [-0.4, -0.2) is 71.8 Å². The van der Waals surface area contributed by atoms with E-state index in [1.54, 1.807) is 49.2 Å². The number of aliphatic hydroxyl groups excluding tert-OH is 1. The molecule has 11 heteroatoms. The molecule has 4 N–H and O–H groups in total. The van der Waals surface area contributed by atoms with Gasteiger partial charge in [-0.25, -0.2) is 14.0 Å². The zero-order valence-electron chi connectivity index (χ0n) is 23.8. The molecule has 1 aliphatic rings. The van der Waals surface area contributed by atoms with Crippen molar-refractivity contribution in [3.8, 4) is 5.75 Å². The van der Waals surface area contributed by atoms with Crippen molar-refractivity contribution in [3.05, 3.63) is 84.2 Å². The van der Waals surface area contributed by atoms with Crippen molar-refractivity contribution in [1.29, 1.82) is 0 Å². The van der Waals surface area contributed by atoms with Crippen molar-refractivity contribution < 1.29 is 28.6 Å². The van der Waals surface area contributed by atoms with Gasteiger partial charge in [0.15, 0.2) is 0 Å². The van der Waals surface area contributed by atoms with Gasteiger partial charge in [0, 0.05) is 42.1 Å². The zero-order valence-corrected chi connectivity index (χ0v) is 23.8. The SMILES string of the molecule is C[C@@H]1CN([C@H](C)CO)C(=O)Cc2cc(NC(=O)Nc3ccc(F)cc3)ccc2O[C@@H]1CN(C)C(=O)Nc1ccccc1. The molecule has 10 nitrogen and oxygen atoms in total. The minimum Gasteiger partial charge on any atom is -0.488 e. The largest absolute Gasteiger partial charge is 0.488 e. The zero-order chi connectivity index (χ0) is 30.2. The summed E-state index contributed by atoms with van der Waals surface area (Å²) >= 11 is 0. The molecule has 3 atom stereocenters. The van der Waals surface area contributed by atoms with Gasteiger partial charge in [-0.1, -0.05) is 25.1 Å². The third kappa shape index (κ3) is 7.97. The number of nitrogens with zero attached hydrogens (tertiary/aromatic N) is 2. The lowest BCUT2D eigenvalue weighted by atomic mass is 10.0. The smallest absolute Gasteiger partial charge is 0.323 e. The fourth-order valence-electron chi connectivity index (χ4n) is 4.65. The van der Waals surface area contributed by atoms with Crippen LogP contribution in [0.3, 0.4) is 0 Å². The van der Waals surface area contributed by atoms with Gasteiger partial charge in [0.2, 0.25) is 5.91 Å². The lowest BCUT2D eigenvalue weighted by Gasteiger charge is -2.34. The molecule has 0 saturated heterocycles. The quantitative estimate of drug-likeness (QED) is 0.322. The Morgan fingerprint density at radius 2 is 1.67 bits per heavy atom. The molecule has 0 aromatic heterocycles. The number of hydrogen-bond acceptors (Lipinski definition) is 5. The van der Waals surface area contributed by atoms with Crippen LogP contribution in [0.4, 0.5) is 31.0 Å². The molecule has 0 bridgehead atoms. The molecule has 42 heavy (non-hydrogen) atoms. The highest BCUT2D eigenvalue weighted by molar-refractivity contribution is 6.00. The van der Waals surface area contributed by atoms with E-state index in [1.165, 1.54) is 29.2 Å². The molecule has 4 rings (SSSR count). The number of halogens is 1. The van der Waals surface area contributed by atoms with E-state index >= 15 is 0 Å². The number of aliphatic hydroxyl groups is 1. The minimum atomic E-state index is -0.537. The molecular formula is C31H36FN5O5. The Bertz CT molecular complexity index is 1390. The van der Waals surface area contributed by atoms with Gasteiger partial charge in [-0.3, -0.25) is 4.79 Å². The number of hydrogen-bond donors (Lipinski definition) is 4. The van der Waals surface area contributed by atoms with E-state index in [1.807, 2.05) is 25.1 Å². The first-order valence-corrected chi connectivity index (χ1v) is 13.7. The Kier molecular flexibility index (Phi) is 9.98. The highest BCUT2D eigenvalue weighted by Crippen LogP contribution is 2.29. The van der Waals surface area contributed by atoms with Crippen LogP contribution in [0.2, 0.25) is 0 Å². The first kappa shape index (κ1) is 30.3. The van der Waals surface area contributed by atoms with Crippen molar-refractivity contribution in [2.45, 2.75) is 32.4 Å². The van der Waals surface area contributed by atoms with E-state index < -0.39 is 24.0 Å². The number of ether oxygens (including phenoxy) is 1. The number of anilines is 3. The molecule has 222 valence electrons. The molecule has 3 aromatic rings. The number of fused-ring (bicyclic) bond motifs is 1. The number of amides is 5. The van der Waals surface area contributed by atoms with Crippen molar-refractivity contribution in [2.24, 2.45) is 5.92 Å². The molecule has 0 radical (unpaired) electrons. The number of para-hydroxylation sites is 1. The Hall–Kier alpha value is -4.64. The lowest BCUT2D eigenvalue weighted by molar-refractivity contribution is -0.134. The summed E-state index contributed by atoms with van der Waals surface area (Å²) in [4.78, 5) is 42.1. The summed E-state index contributed by atoms with van der Waals surface area (Å²) in [6.07, 6.45) is -0.506. The van der Waals surface area contributed by atoms with Gasteiger partial charge in [-0.2, -0.15) is 0 Å². The number of likely N-dealkylation sites (N-methyl/N-ethyl adjacent to an activating group) is 1. The van der Waals surface area contributed by atoms with Gasteiger partial charge in [-0.05, 0) is 61.5 Å². The van der Waals surface area contributed by atoms with Crippen LogP contribution in [0.5, 0.6) is 5.75 Å². The van der Waals surface area contributed by atoms with Gasteiger partial charge < -0.3 is 35.6 Å². The second-order valence-corrected chi connectivity index (χ2v) is 10.5. The van der Waals surface area contributed by atoms with Gasteiger partial charge in [-0.15, -0.1) is 0 Å². The Balaban J connectivity index is 1.55. The molecular weight excluding hydrogens is 541 g/mol. The van der Waals surface area contributed by atoms with E-state index in [2.05, 4.69) is 16.0 Å². The molecule has 0 aliphatic carbocycles. The van der Waals surface area contributed by atoms with E-state index in [4.69, 9.17) is 4.74 Å². The normalized spacial score (nSPS) is 17.5. The van der Waals surface area contributed by atoms with Crippen LogP contribution >= 0.6 is 0 Å². The monoisotopic (exact) mass is 577 g/mol. The number of urea groups is 2. The Morgan fingerprint density at radius 1 is 1.02 bits per heavy atom. The van der Waals surface area contributed by atoms with Crippen molar-refractivity contribution in [1.82, 2.24) is 9.80 Å². The summed E-state index contributed by atoms with van der Waals surface area (Å²) < 4.78 is 19.6. The molecule has 0 spiro atoms. The third-order valence-electron chi connectivity index (χ3n) is 7.10. The average molecular weight is 578 g/mol. The van der Waals surface area contributed by atoms with Crippen LogP contribution in [0.15, 0.2) is 72.8 Å². The Labute approximate surface area is 244 Å². The average Bonchev–Trinajstić information content (AvgIpc) is 3.01. The fourth-order valence-corrected chi connectivity index (χ4v) is 4.65. The predicted octanol–water partition coefficient (Wildman–Crippen LogP) is 4.78. The van der Waals surface area contributed by atoms with Crippen molar-refractivity contribution >= 4 is 35.0 Å². The molecule has 1 aliphatic heterocycles. The lowest BCUT2D eigenvalue weighted by Crippen LogP contribution is -2.48. The van der Waals surface area contributed by atoms with Gasteiger partial charge in [0.1, 0.15) is 17.7 Å². The molecule has 5 amide bonds. The van der Waals surface area contributed by atoms with Crippen LogP contribution in [-0.2, 0) is 11.2 Å². The summed E-state index contributed by atoms with van der Waals surface area (Å²) in [5, 5.41) is 18.1. The number of carbonyl (C=O) groups excluding carboxylic acids is 3. The molecule has 0 unspecified atom stereocenters. The van der Waals surface area contributed by atoms with E-state index in [0.29, 0.717) is 34.9 Å². The maximum absolute atomic E-state index is 13.4. The standard InChI is InChI=1S/C31H36FN5O5/c1-20-17-37(21(2)19-38)29(39)16-22-15-26(34-30(40)33-25-11-9-23(32)10-12-25)13-14-27(22)42-28(20)18-36(3)31(41)35-24-7-5-4-6-8-24/h4-15,20-21,28,38H,16-19H2,1-3H3,(H,35,41)(H2,33,34,40)/t20-,21-,28-/m1/s1. The summed E-state index contributed by atoms with van der Waals surface area (Å²) in [6, 6.07) is 18.2. The van der Waals surface area contributed by atoms with E-state index in [9.17, 15) is 23.9 Å². The fraction of sp³-hybridized carbons (Fsp3) is 0.323. The second-order valence-electron chi connectivity index (χ2n) is 10.5. The summed E-state index contributed by atoms with van der Waals surface area (Å²) in [6.45, 7) is 4.06. The molecule has 1 heterocycles. The number of carbonyl (C=O) groups is 3. The summed E-state index contributed by atoms with van der Waals surface area (Å²) in [5.74, 6) is -0.347. The highest BCUT2D eigenvalue weighted by atomic mass is 19.1. The number of nitrogens with one attached hydrogen (secondary N) is 3. The first-order valence-electron chi connectivity index (χ1n) is 13.7. The summed E-state index contributed by atoms with van der Waals surface area (Å²) in [7, 11) is 1.67. The molecule has 0 fully saturated rings. The highest BCUT2D eigenvalue weighted by Gasteiger charge is 2.32. The second kappa shape index (κ2) is 13.8. The van der Waals surface area contributed by atoms with Crippen molar-refractivity contribution in [3.63, 3.8) is 0 Å². The molecule has 0 saturated carbocycles. The van der Waals surface area contributed by atoms with E-state index in [-0.39, 0.29) is 37.4 Å². The predicted molar refractivity (Wildman–Crippen MR) is 159 cm³/mol. The number of benzene rings is 3. The van der Waals surface area contributed by atoms with Crippen molar-refractivity contribution in [2.75, 3.05) is 42.7 Å². The van der Waals surface area contributed by atoms with Gasteiger partial charge in [0.25, 0.3) is 0 Å². The van der Waals surface area contributed by atoms with Gasteiger partial charge in [0.05, 0.1) is 25.6 Å². The van der Waals surface area contributed by atoms with E-state index in [0.717, 1.165) is 0 Å². The van der Waals surface area contributed by atoms with Crippen LogP contribution in [0.1, 0.15) is 19.4 Å². The number of rotatable bonds is 7. The minimum absolute atomic E-state index is 0.0153. The topological polar surface area (TPSA) is 123 Å². The maximum atomic E-state index is 13.4.